The maximum atomic E-state index is 12.2. The van der Waals surface area contributed by atoms with Crippen molar-refractivity contribution in [1.29, 1.82) is 0 Å². The Hall–Kier alpha value is -2.80. The van der Waals surface area contributed by atoms with Crippen LogP contribution in [0.1, 0.15) is 33.5 Å². The fourth-order valence-corrected chi connectivity index (χ4v) is 2.85. The monoisotopic (exact) mass is 374 g/mol. The molecular formula is C19H22N2O4S. The predicted octanol–water partition coefficient (Wildman–Crippen LogP) is 3.33. The fraction of sp³-hybridized carbons (Fsp3) is 0.263. The molecular weight excluding hydrogens is 352 g/mol. The minimum Gasteiger partial charge on any atom is -0.493 e. The van der Waals surface area contributed by atoms with E-state index in [4.69, 9.17) is 9.47 Å². The van der Waals surface area contributed by atoms with Gasteiger partial charge in [-0.1, -0.05) is 6.92 Å². The number of rotatable bonds is 7. The summed E-state index contributed by atoms with van der Waals surface area (Å²) < 4.78 is 10.8. The second-order valence-electron chi connectivity index (χ2n) is 5.44. The summed E-state index contributed by atoms with van der Waals surface area (Å²) in [6, 6.07) is 8.75. The fourth-order valence-electron chi connectivity index (χ4n) is 2.07. The van der Waals surface area contributed by atoms with E-state index in [1.54, 1.807) is 35.6 Å². The Balaban J connectivity index is 1.92. The topological polar surface area (TPSA) is 76.7 Å². The lowest BCUT2D eigenvalue weighted by Gasteiger charge is -2.11. The van der Waals surface area contributed by atoms with E-state index in [1.807, 2.05) is 26.0 Å². The smallest absolute Gasteiger partial charge is 0.269 e. The van der Waals surface area contributed by atoms with Gasteiger partial charge in [0.2, 0.25) is 0 Å². The molecule has 1 aromatic heterocycles. The molecule has 7 heteroatoms. The lowest BCUT2D eigenvalue weighted by molar-refractivity contribution is -0.117. The van der Waals surface area contributed by atoms with Crippen molar-refractivity contribution >= 4 is 29.2 Å². The number of methoxy groups -OCH3 is 1. The van der Waals surface area contributed by atoms with Gasteiger partial charge in [-0.25, -0.2) is 0 Å². The molecule has 0 bridgehead atoms. The normalized spacial score (nSPS) is 10.6. The molecule has 1 aromatic carbocycles. The number of hydrogen-bond acceptors (Lipinski definition) is 5. The molecule has 0 atom stereocenters. The quantitative estimate of drug-likeness (QED) is 0.576. The number of amides is 2. The van der Waals surface area contributed by atoms with Crippen LogP contribution in [0, 0.1) is 6.92 Å². The van der Waals surface area contributed by atoms with Crippen LogP contribution in [0.15, 0.2) is 36.4 Å². The van der Waals surface area contributed by atoms with Crippen molar-refractivity contribution in [3.8, 4) is 11.5 Å². The van der Waals surface area contributed by atoms with Gasteiger partial charge in [-0.2, -0.15) is 0 Å². The molecule has 0 spiro atoms. The highest BCUT2D eigenvalue weighted by molar-refractivity contribution is 7.12. The first kappa shape index (κ1) is 19.5. The van der Waals surface area contributed by atoms with Crippen LogP contribution in [0.5, 0.6) is 11.5 Å². The Kier molecular flexibility index (Phi) is 7.23. The lowest BCUT2D eigenvalue weighted by atomic mass is 10.2. The number of thiophene rings is 1. The van der Waals surface area contributed by atoms with Gasteiger partial charge in [0.25, 0.3) is 11.8 Å². The molecule has 2 aromatic rings. The number of carbonyl (C=O) groups excluding carboxylic acids is 2. The van der Waals surface area contributed by atoms with Gasteiger partial charge in [-0.05, 0) is 49.8 Å². The minimum absolute atomic E-state index is 0.351. The van der Waals surface area contributed by atoms with Crippen molar-refractivity contribution in [3.05, 3.63) is 51.7 Å². The number of hydrogen-bond donors (Lipinski definition) is 2. The van der Waals surface area contributed by atoms with Crippen LogP contribution in [-0.2, 0) is 4.79 Å². The molecule has 0 saturated heterocycles. The molecule has 0 aliphatic carbocycles. The molecule has 1 heterocycles. The third-order valence-electron chi connectivity index (χ3n) is 3.35. The predicted molar refractivity (Wildman–Crippen MR) is 102 cm³/mol. The second-order valence-corrected chi connectivity index (χ2v) is 6.76. The van der Waals surface area contributed by atoms with Gasteiger partial charge < -0.3 is 9.47 Å². The largest absolute Gasteiger partial charge is 0.493 e. The highest BCUT2D eigenvalue weighted by atomic mass is 32.1. The summed E-state index contributed by atoms with van der Waals surface area (Å²) in [6.07, 6.45) is 3.94. The molecule has 2 rings (SSSR count). The van der Waals surface area contributed by atoms with Crippen LogP contribution in [0.4, 0.5) is 0 Å². The zero-order valence-corrected chi connectivity index (χ0v) is 15.8. The third kappa shape index (κ3) is 5.63. The summed E-state index contributed by atoms with van der Waals surface area (Å²) in [4.78, 5) is 26.1. The number of aryl methyl sites for hydroxylation is 1. The summed E-state index contributed by atoms with van der Waals surface area (Å²) in [7, 11) is 1.51. The number of carbonyl (C=O) groups is 2. The Morgan fingerprint density at radius 3 is 2.62 bits per heavy atom. The zero-order valence-electron chi connectivity index (χ0n) is 15.0. The van der Waals surface area contributed by atoms with E-state index in [9.17, 15) is 9.59 Å². The molecule has 26 heavy (non-hydrogen) atoms. The van der Waals surface area contributed by atoms with Gasteiger partial charge in [0, 0.05) is 21.4 Å². The Bertz CT molecular complexity index is 799. The number of ether oxygens (including phenoxy) is 2. The average Bonchev–Trinajstić information content (AvgIpc) is 3.07. The molecule has 0 unspecified atom stereocenters. The molecule has 0 aliphatic rings. The van der Waals surface area contributed by atoms with Gasteiger partial charge in [-0.15, -0.1) is 11.3 Å². The van der Waals surface area contributed by atoms with Crippen molar-refractivity contribution in [2.24, 2.45) is 0 Å². The standard InChI is InChI=1S/C19H22N2O4S/c1-4-11-25-16-9-6-14(12-17(16)24-3)19(23)21-20-18(22)10-8-15-7-5-13(2)26-15/h5-10,12H,4,11H2,1-3H3,(H,20,22)(H,21,23)/b10-8+. The van der Waals surface area contributed by atoms with Crippen molar-refractivity contribution in [1.82, 2.24) is 10.9 Å². The molecule has 0 aliphatic heterocycles. The molecule has 2 N–H and O–H groups in total. The summed E-state index contributed by atoms with van der Waals surface area (Å²) in [6.45, 7) is 4.56. The second kappa shape index (κ2) is 9.62. The molecule has 0 saturated carbocycles. The van der Waals surface area contributed by atoms with Crippen LogP contribution in [0.25, 0.3) is 6.08 Å². The first-order chi connectivity index (χ1) is 12.5. The number of benzene rings is 1. The van der Waals surface area contributed by atoms with Crippen molar-refractivity contribution in [3.63, 3.8) is 0 Å². The van der Waals surface area contributed by atoms with E-state index in [2.05, 4.69) is 10.9 Å². The van der Waals surface area contributed by atoms with Gasteiger partial charge in [0.1, 0.15) is 0 Å². The molecule has 6 nitrogen and oxygen atoms in total. The first-order valence-electron chi connectivity index (χ1n) is 8.19. The van der Waals surface area contributed by atoms with Crippen LogP contribution in [0.2, 0.25) is 0 Å². The van der Waals surface area contributed by atoms with E-state index in [-0.39, 0.29) is 0 Å². The van der Waals surface area contributed by atoms with Crippen molar-refractivity contribution < 1.29 is 19.1 Å². The number of hydrazine groups is 1. The summed E-state index contributed by atoms with van der Waals surface area (Å²) in [5.74, 6) is 0.174. The maximum Gasteiger partial charge on any atom is 0.269 e. The van der Waals surface area contributed by atoms with Crippen LogP contribution >= 0.6 is 11.3 Å². The van der Waals surface area contributed by atoms with E-state index in [0.29, 0.717) is 23.7 Å². The van der Waals surface area contributed by atoms with Crippen LogP contribution < -0.4 is 20.3 Å². The molecule has 0 radical (unpaired) electrons. The van der Waals surface area contributed by atoms with Gasteiger partial charge >= 0.3 is 0 Å². The van der Waals surface area contributed by atoms with E-state index < -0.39 is 11.8 Å². The van der Waals surface area contributed by atoms with Gasteiger partial charge in [0.05, 0.1) is 13.7 Å². The molecule has 2 amide bonds. The highest BCUT2D eigenvalue weighted by Crippen LogP contribution is 2.28. The van der Waals surface area contributed by atoms with Crippen LogP contribution in [-0.4, -0.2) is 25.5 Å². The van der Waals surface area contributed by atoms with E-state index >= 15 is 0 Å². The molecule has 138 valence electrons. The molecule has 0 fully saturated rings. The van der Waals surface area contributed by atoms with Gasteiger partial charge in [-0.3, -0.25) is 20.4 Å². The summed E-state index contributed by atoms with van der Waals surface area (Å²) in [5, 5.41) is 0. The average molecular weight is 374 g/mol. The third-order valence-corrected chi connectivity index (χ3v) is 4.31. The summed E-state index contributed by atoms with van der Waals surface area (Å²) >= 11 is 1.58. The number of nitrogens with one attached hydrogen (secondary N) is 2. The van der Waals surface area contributed by atoms with Gasteiger partial charge in [0.15, 0.2) is 11.5 Å². The van der Waals surface area contributed by atoms with Crippen LogP contribution in [0.3, 0.4) is 0 Å². The zero-order chi connectivity index (χ0) is 18.9. The Morgan fingerprint density at radius 1 is 1.15 bits per heavy atom. The van der Waals surface area contributed by atoms with E-state index in [0.717, 1.165) is 11.3 Å². The lowest BCUT2D eigenvalue weighted by Crippen LogP contribution is -2.40. The minimum atomic E-state index is -0.445. The first-order valence-corrected chi connectivity index (χ1v) is 9.00. The Labute approximate surface area is 156 Å². The Morgan fingerprint density at radius 2 is 1.96 bits per heavy atom. The van der Waals surface area contributed by atoms with Crippen molar-refractivity contribution in [2.75, 3.05) is 13.7 Å². The van der Waals surface area contributed by atoms with E-state index in [1.165, 1.54) is 18.1 Å². The van der Waals surface area contributed by atoms with Crippen molar-refractivity contribution in [2.45, 2.75) is 20.3 Å². The maximum absolute atomic E-state index is 12.2. The highest BCUT2D eigenvalue weighted by Gasteiger charge is 2.11. The summed E-state index contributed by atoms with van der Waals surface area (Å²) in [5.41, 5.74) is 5.07. The SMILES string of the molecule is CCCOc1ccc(C(=O)NNC(=O)/C=C/c2ccc(C)s2)cc1OC.